The number of ether oxygens (including phenoxy) is 1. The fraction of sp³-hybridized carbons (Fsp3) is 0.385. The minimum absolute atomic E-state index is 0. The predicted molar refractivity (Wildman–Crippen MR) is 128 cm³/mol. The first-order valence-electron chi connectivity index (χ1n) is 11.1. The first-order chi connectivity index (χ1) is 15.2. The molecule has 32 heavy (non-hydrogen) atoms. The molecule has 0 amide bonds. The van der Waals surface area contributed by atoms with Crippen LogP contribution in [0.3, 0.4) is 0 Å². The van der Waals surface area contributed by atoms with Gasteiger partial charge < -0.3 is 4.74 Å². The van der Waals surface area contributed by atoms with Crippen LogP contribution in [0.5, 0.6) is 5.88 Å². The zero-order valence-corrected chi connectivity index (χ0v) is 19.3. The largest absolute Gasteiger partial charge is 0.477 e. The van der Waals surface area contributed by atoms with Crippen LogP contribution >= 0.6 is 12.4 Å². The second-order valence-electron chi connectivity index (χ2n) is 8.49. The number of rotatable bonds is 8. The molecule has 170 valence electrons. The number of aromatic nitrogens is 2. The molecule has 2 aromatic carbocycles. The van der Waals surface area contributed by atoms with Crippen molar-refractivity contribution in [3.63, 3.8) is 0 Å². The minimum atomic E-state index is -0.189. The van der Waals surface area contributed by atoms with Crippen molar-refractivity contribution in [2.45, 2.75) is 38.1 Å². The maximum Gasteiger partial charge on any atom is 0.216 e. The SMILES string of the molecule is CC(COc1ccncn1)CC(c1ccc(F)cc1)N1CCC(c2ccccc2)CC1.Cl. The highest BCUT2D eigenvalue weighted by molar-refractivity contribution is 5.85. The molecule has 1 aromatic heterocycles. The van der Waals surface area contributed by atoms with Crippen molar-refractivity contribution in [2.75, 3.05) is 19.7 Å². The molecule has 3 aromatic rings. The van der Waals surface area contributed by atoms with Gasteiger partial charge >= 0.3 is 0 Å². The molecule has 2 heterocycles. The van der Waals surface area contributed by atoms with E-state index in [1.807, 2.05) is 12.1 Å². The van der Waals surface area contributed by atoms with Crippen LogP contribution in [0.2, 0.25) is 0 Å². The molecule has 4 rings (SSSR count). The summed E-state index contributed by atoms with van der Waals surface area (Å²) in [5.41, 5.74) is 2.61. The molecule has 1 fully saturated rings. The molecule has 2 atom stereocenters. The Morgan fingerprint density at radius 2 is 1.75 bits per heavy atom. The minimum Gasteiger partial charge on any atom is -0.477 e. The zero-order chi connectivity index (χ0) is 21.5. The standard InChI is InChI=1S/C26H30FN3O.ClH/c1-20(18-31-26-11-14-28-19-29-26)17-25(23-7-9-24(27)10-8-23)30-15-12-22(13-16-30)21-5-3-2-4-6-21;/h2-11,14,19-20,22,25H,12-13,15-18H2,1H3;1H. The molecule has 6 heteroatoms. The summed E-state index contributed by atoms with van der Waals surface area (Å²) in [5, 5.41) is 0. The van der Waals surface area contributed by atoms with Crippen LogP contribution in [0.25, 0.3) is 0 Å². The Morgan fingerprint density at radius 3 is 2.41 bits per heavy atom. The van der Waals surface area contributed by atoms with Crippen molar-refractivity contribution < 1.29 is 9.13 Å². The van der Waals surface area contributed by atoms with Gasteiger partial charge in [0.05, 0.1) is 6.61 Å². The topological polar surface area (TPSA) is 38.3 Å². The maximum atomic E-state index is 13.6. The van der Waals surface area contributed by atoms with Crippen LogP contribution in [0, 0.1) is 11.7 Å². The first-order valence-corrected chi connectivity index (χ1v) is 11.1. The van der Waals surface area contributed by atoms with Gasteiger partial charge in [-0.25, -0.2) is 14.4 Å². The van der Waals surface area contributed by atoms with Gasteiger partial charge in [0.25, 0.3) is 0 Å². The molecule has 1 aliphatic rings. The predicted octanol–water partition coefficient (Wildman–Crippen LogP) is 6.06. The van der Waals surface area contributed by atoms with Crippen LogP contribution in [0.1, 0.15) is 49.3 Å². The Hall–Kier alpha value is -2.50. The van der Waals surface area contributed by atoms with E-state index in [1.54, 1.807) is 24.4 Å². The Morgan fingerprint density at radius 1 is 1.03 bits per heavy atom. The van der Waals surface area contributed by atoms with Crippen LogP contribution in [-0.2, 0) is 0 Å². The van der Waals surface area contributed by atoms with E-state index in [1.165, 1.54) is 17.5 Å². The van der Waals surface area contributed by atoms with Crippen LogP contribution < -0.4 is 4.74 Å². The van der Waals surface area contributed by atoms with E-state index in [4.69, 9.17) is 4.74 Å². The Kier molecular flexibility index (Phi) is 9.00. The van der Waals surface area contributed by atoms with Crippen LogP contribution in [0.15, 0.2) is 73.2 Å². The summed E-state index contributed by atoms with van der Waals surface area (Å²) < 4.78 is 19.4. The molecule has 1 aliphatic heterocycles. The molecular formula is C26H31ClFN3O. The number of benzene rings is 2. The van der Waals surface area contributed by atoms with Crippen molar-refractivity contribution in [1.29, 1.82) is 0 Å². The van der Waals surface area contributed by atoms with Gasteiger partial charge in [-0.2, -0.15) is 0 Å². The molecule has 0 bridgehead atoms. The Labute approximate surface area is 196 Å². The molecule has 0 radical (unpaired) electrons. The van der Waals surface area contributed by atoms with Crippen molar-refractivity contribution in [1.82, 2.24) is 14.9 Å². The summed E-state index contributed by atoms with van der Waals surface area (Å²) in [6.45, 7) is 4.88. The number of likely N-dealkylation sites (tertiary alicyclic amines) is 1. The highest BCUT2D eigenvalue weighted by Crippen LogP contribution is 2.35. The number of hydrogen-bond acceptors (Lipinski definition) is 4. The lowest BCUT2D eigenvalue weighted by molar-refractivity contribution is 0.121. The number of hydrogen-bond donors (Lipinski definition) is 0. The van der Waals surface area contributed by atoms with Gasteiger partial charge in [-0.1, -0.05) is 49.4 Å². The van der Waals surface area contributed by atoms with E-state index in [0.717, 1.165) is 32.4 Å². The van der Waals surface area contributed by atoms with E-state index in [9.17, 15) is 4.39 Å². The van der Waals surface area contributed by atoms with Gasteiger partial charge in [-0.3, -0.25) is 4.90 Å². The van der Waals surface area contributed by atoms with Crippen molar-refractivity contribution in [2.24, 2.45) is 5.92 Å². The molecular weight excluding hydrogens is 425 g/mol. The summed E-state index contributed by atoms with van der Waals surface area (Å²) in [6, 6.07) is 19.8. The Bertz CT molecular complexity index is 919. The zero-order valence-electron chi connectivity index (χ0n) is 18.4. The van der Waals surface area contributed by atoms with Crippen molar-refractivity contribution in [3.8, 4) is 5.88 Å². The summed E-state index contributed by atoms with van der Waals surface area (Å²) >= 11 is 0. The van der Waals surface area contributed by atoms with Crippen molar-refractivity contribution in [3.05, 3.63) is 90.1 Å². The van der Waals surface area contributed by atoms with Gasteiger partial charge in [0.15, 0.2) is 0 Å². The smallest absolute Gasteiger partial charge is 0.216 e. The quantitative estimate of drug-likeness (QED) is 0.413. The fourth-order valence-electron chi connectivity index (χ4n) is 4.49. The van der Waals surface area contributed by atoms with E-state index >= 15 is 0 Å². The fourth-order valence-corrected chi connectivity index (χ4v) is 4.49. The molecule has 0 spiro atoms. The first kappa shape index (κ1) is 24.1. The number of nitrogens with zero attached hydrogens (tertiary/aromatic N) is 3. The van der Waals surface area contributed by atoms with Gasteiger partial charge in [-0.05, 0) is 67.4 Å². The molecule has 0 aliphatic carbocycles. The van der Waals surface area contributed by atoms with Gasteiger partial charge in [0.2, 0.25) is 5.88 Å². The normalized spacial score (nSPS) is 16.7. The maximum absolute atomic E-state index is 13.6. The van der Waals surface area contributed by atoms with E-state index in [0.29, 0.717) is 24.3 Å². The lowest BCUT2D eigenvalue weighted by Crippen LogP contribution is -2.37. The second kappa shape index (κ2) is 11.9. The average molecular weight is 456 g/mol. The Balaban J connectivity index is 0.00000289. The number of piperidine rings is 1. The van der Waals surface area contributed by atoms with Crippen molar-refractivity contribution >= 4 is 12.4 Å². The van der Waals surface area contributed by atoms with Crippen LogP contribution in [0.4, 0.5) is 4.39 Å². The third kappa shape index (κ3) is 6.50. The van der Waals surface area contributed by atoms with Gasteiger partial charge in [0, 0.05) is 18.3 Å². The lowest BCUT2D eigenvalue weighted by atomic mass is 9.87. The summed E-state index contributed by atoms with van der Waals surface area (Å²) in [5.74, 6) is 1.36. The van der Waals surface area contributed by atoms with Gasteiger partial charge in [-0.15, -0.1) is 12.4 Å². The molecule has 2 unspecified atom stereocenters. The van der Waals surface area contributed by atoms with Crippen LogP contribution in [-0.4, -0.2) is 34.6 Å². The summed E-state index contributed by atoms with van der Waals surface area (Å²) in [7, 11) is 0. The molecule has 1 saturated heterocycles. The highest BCUT2D eigenvalue weighted by atomic mass is 35.5. The monoisotopic (exact) mass is 455 g/mol. The molecule has 4 nitrogen and oxygen atoms in total. The summed E-state index contributed by atoms with van der Waals surface area (Å²) in [6.07, 6.45) is 6.43. The van der Waals surface area contributed by atoms with E-state index in [-0.39, 0.29) is 24.3 Å². The third-order valence-corrected chi connectivity index (χ3v) is 6.19. The van der Waals surface area contributed by atoms with Gasteiger partial charge in [0.1, 0.15) is 12.1 Å². The average Bonchev–Trinajstić information content (AvgIpc) is 2.83. The molecule has 0 saturated carbocycles. The second-order valence-corrected chi connectivity index (χ2v) is 8.49. The summed E-state index contributed by atoms with van der Waals surface area (Å²) in [4.78, 5) is 10.6. The third-order valence-electron chi connectivity index (χ3n) is 6.19. The van der Waals surface area contributed by atoms with E-state index in [2.05, 4.69) is 52.1 Å². The lowest BCUT2D eigenvalue weighted by Gasteiger charge is -2.39. The molecule has 0 N–H and O–H groups in total. The van der Waals surface area contributed by atoms with E-state index < -0.39 is 0 Å². The number of halogens is 2. The highest BCUT2D eigenvalue weighted by Gasteiger charge is 2.28.